The van der Waals surface area contributed by atoms with E-state index in [0.29, 0.717) is 29.0 Å². The number of benzene rings is 2. The molecule has 0 aliphatic heterocycles. The van der Waals surface area contributed by atoms with Crippen LogP contribution in [-0.4, -0.2) is 25.1 Å². The summed E-state index contributed by atoms with van der Waals surface area (Å²) < 4.78 is 52.9. The molecule has 3 rings (SSSR count). The Morgan fingerprint density at radius 1 is 1.03 bits per heavy atom. The van der Waals surface area contributed by atoms with E-state index in [1.807, 2.05) is 0 Å². The van der Waals surface area contributed by atoms with Gasteiger partial charge in [-0.05, 0) is 48.9 Å². The van der Waals surface area contributed by atoms with Crippen LogP contribution in [-0.2, 0) is 21.1 Å². The number of nitrogens with zero attached hydrogens (tertiary/aromatic N) is 1. The summed E-state index contributed by atoms with van der Waals surface area (Å²) in [6.45, 7) is 1.80. The molecule has 2 aromatic carbocycles. The molecule has 0 saturated heterocycles. The van der Waals surface area contributed by atoms with Gasteiger partial charge in [0, 0.05) is 22.1 Å². The second-order valence-corrected chi connectivity index (χ2v) is 9.90. The molecule has 0 fully saturated rings. The minimum Gasteiger partial charge on any atom is -0.792 e. The van der Waals surface area contributed by atoms with E-state index in [-0.39, 0.29) is 5.44 Å². The molecule has 0 bridgehead atoms. The first-order valence-electron chi connectivity index (χ1n) is 9.19. The van der Waals surface area contributed by atoms with E-state index < -0.39 is 27.7 Å². The van der Waals surface area contributed by atoms with Gasteiger partial charge in [0.1, 0.15) is 15.9 Å². The largest absolute Gasteiger partial charge is 0.792 e. The lowest BCUT2D eigenvalue weighted by Crippen LogP contribution is -2.31. The Morgan fingerprint density at radius 2 is 1.68 bits per heavy atom. The maximum atomic E-state index is 13.2. The molecule has 0 N–H and O–H groups in total. The normalized spacial score (nSPS) is 13.0. The molecule has 0 aliphatic carbocycles. The van der Waals surface area contributed by atoms with Crippen molar-refractivity contribution in [3.05, 3.63) is 77.5 Å². The van der Waals surface area contributed by atoms with Crippen molar-refractivity contribution >= 4 is 28.2 Å². The third-order valence-corrected chi connectivity index (χ3v) is 7.32. The van der Waals surface area contributed by atoms with Gasteiger partial charge >= 0.3 is 0 Å². The van der Waals surface area contributed by atoms with E-state index in [2.05, 4.69) is 16.8 Å². The lowest BCUT2D eigenvalue weighted by molar-refractivity contribution is -0.167. The Bertz CT molecular complexity index is 1320. The number of aromatic nitrogens is 1. The van der Waals surface area contributed by atoms with Crippen molar-refractivity contribution in [2.45, 2.75) is 18.2 Å². The lowest BCUT2D eigenvalue weighted by Gasteiger charge is -2.27. The number of pyridine rings is 1. The fourth-order valence-corrected chi connectivity index (χ4v) is 5.56. The van der Waals surface area contributed by atoms with Crippen molar-refractivity contribution in [3.8, 4) is 17.6 Å². The van der Waals surface area contributed by atoms with Gasteiger partial charge in [-0.2, -0.15) is 0 Å². The molecule has 0 spiro atoms. The van der Waals surface area contributed by atoms with Gasteiger partial charge in [0.25, 0.3) is 0 Å². The number of ether oxygens (including phenoxy) is 1. The summed E-state index contributed by atoms with van der Waals surface area (Å²) in [7, 11) is -8.16. The molecule has 7 nitrogen and oxygen atoms in total. The third-order valence-electron chi connectivity index (χ3n) is 4.42. The smallest absolute Gasteiger partial charge is 0.125 e. The molecule has 1 heterocycles. The fourth-order valence-electron chi connectivity index (χ4n) is 2.83. The first kappa shape index (κ1) is 22.7. The van der Waals surface area contributed by atoms with E-state index in [9.17, 15) is 22.4 Å². The maximum Gasteiger partial charge on any atom is 0.125 e. The van der Waals surface area contributed by atoms with Crippen molar-refractivity contribution in [3.63, 3.8) is 0 Å². The van der Waals surface area contributed by atoms with E-state index in [1.54, 1.807) is 44.4 Å². The molecule has 31 heavy (non-hydrogen) atoms. The summed E-state index contributed by atoms with van der Waals surface area (Å²) in [6, 6.07) is 14.7. The molecule has 9 heteroatoms. The predicted octanol–water partition coefficient (Wildman–Crippen LogP) is 1.55. The Morgan fingerprint density at radius 3 is 2.29 bits per heavy atom. The minimum absolute atomic E-state index is 0.345. The Hall–Kier alpha value is -2.95. The molecule has 1 unspecified atom stereocenters. The van der Waals surface area contributed by atoms with Crippen LogP contribution in [0.4, 0.5) is 0 Å². The number of aryl methyl sites for hydroxylation is 1. The zero-order valence-electron chi connectivity index (χ0n) is 16.7. The van der Waals surface area contributed by atoms with Gasteiger partial charge < -0.3 is 18.7 Å². The van der Waals surface area contributed by atoms with Gasteiger partial charge in [0.2, 0.25) is 0 Å². The Balaban J connectivity index is 2.09. The topological polar surface area (TPSA) is 119 Å². The van der Waals surface area contributed by atoms with Gasteiger partial charge in [0.15, 0.2) is 0 Å². The predicted molar refractivity (Wildman–Crippen MR) is 114 cm³/mol. The van der Waals surface area contributed by atoms with Crippen molar-refractivity contribution in [1.29, 1.82) is 0 Å². The van der Waals surface area contributed by atoms with E-state index in [4.69, 9.17) is 4.74 Å². The molecule has 0 amide bonds. The van der Waals surface area contributed by atoms with E-state index in [1.165, 1.54) is 18.2 Å². The Kier molecular flexibility index (Phi) is 6.63. The summed E-state index contributed by atoms with van der Waals surface area (Å²) in [5.41, 5.74) is 1.22. The van der Waals surface area contributed by atoms with Crippen LogP contribution in [0.15, 0.2) is 65.6 Å². The SMILES string of the molecule is CCc1cc(C#Cc2ccc(OC)cc2)cc(P(=O)([O-])c2ccccc2S(=O)(=O)[O-])n1. The van der Waals surface area contributed by atoms with Crippen molar-refractivity contribution < 1.29 is 27.2 Å². The summed E-state index contributed by atoms with van der Waals surface area (Å²) in [5.74, 6) is 6.54. The van der Waals surface area contributed by atoms with Gasteiger partial charge in [-0.1, -0.05) is 37.0 Å². The average Bonchev–Trinajstić information content (AvgIpc) is 2.77. The highest BCUT2D eigenvalue weighted by atomic mass is 32.2. The van der Waals surface area contributed by atoms with Crippen LogP contribution >= 0.6 is 7.37 Å². The third kappa shape index (κ3) is 5.22. The van der Waals surface area contributed by atoms with Gasteiger partial charge in [-0.3, -0.25) is 4.98 Å². The summed E-state index contributed by atoms with van der Waals surface area (Å²) in [5, 5.41) is -0.584. The number of hydrogen-bond acceptors (Lipinski definition) is 7. The zero-order chi connectivity index (χ0) is 22.6. The van der Waals surface area contributed by atoms with Crippen molar-refractivity contribution in [2.75, 3.05) is 7.11 Å². The first-order valence-corrected chi connectivity index (χ1v) is 12.2. The van der Waals surface area contributed by atoms with Crippen LogP contribution in [0.3, 0.4) is 0 Å². The molecule has 0 saturated carbocycles. The number of rotatable bonds is 5. The van der Waals surface area contributed by atoms with Crippen LogP contribution in [0, 0.1) is 11.8 Å². The number of hydrogen-bond donors (Lipinski definition) is 0. The van der Waals surface area contributed by atoms with Crippen LogP contribution in [0.25, 0.3) is 0 Å². The minimum atomic E-state index is -4.99. The van der Waals surface area contributed by atoms with Gasteiger partial charge in [0.05, 0.1) is 24.8 Å². The van der Waals surface area contributed by atoms with Gasteiger partial charge in [-0.25, -0.2) is 8.42 Å². The highest BCUT2D eigenvalue weighted by Crippen LogP contribution is 2.35. The van der Waals surface area contributed by atoms with E-state index >= 15 is 0 Å². The standard InChI is InChI=1S/C22H20NO6PS/c1-3-18-14-17(9-8-16-10-12-19(29-2)13-11-16)15-22(23-18)30(24,25)20-6-4-5-7-21(20)31(26,27)28/h4-7,10-15H,3H2,1-2H3,(H,24,25)(H,26,27,28)/p-2. The van der Waals surface area contributed by atoms with Crippen molar-refractivity contribution in [1.82, 2.24) is 4.98 Å². The molecule has 1 aromatic heterocycles. The van der Waals surface area contributed by atoms with Crippen LogP contribution < -0.4 is 20.4 Å². The monoisotopic (exact) mass is 455 g/mol. The highest BCUT2D eigenvalue weighted by Gasteiger charge is 2.23. The summed E-state index contributed by atoms with van der Waals surface area (Å²) in [4.78, 5) is 16.5. The van der Waals surface area contributed by atoms with Crippen LogP contribution in [0.2, 0.25) is 0 Å². The zero-order valence-corrected chi connectivity index (χ0v) is 18.4. The van der Waals surface area contributed by atoms with Gasteiger partial charge in [-0.15, -0.1) is 0 Å². The second-order valence-electron chi connectivity index (χ2n) is 6.51. The van der Waals surface area contributed by atoms with Crippen molar-refractivity contribution in [2.24, 2.45) is 0 Å². The molecule has 160 valence electrons. The summed E-state index contributed by atoms with van der Waals surface area (Å²) >= 11 is 0. The second kappa shape index (κ2) is 9.04. The molecule has 0 radical (unpaired) electrons. The fraction of sp³-hybridized carbons (Fsp3) is 0.136. The highest BCUT2D eigenvalue weighted by molar-refractivity contribution is 7.87. The summed E-state index contributed by atoms with van der Waals surface area (Å²) in [6.07, 6.45) is 0.437. The average molecular weight is 455 g/mol. The van der Waals surface area contributed by atoms with E-state index in [0.717, 1.165) is 12.1 Å². The molecule has 1 atom stereocenters. The molecule has 0 aliphatic rings. The Labute approximate surface area is 181 Å². The van der Waals surface area contributed by atoms with Crippen LogP contribution in [0.1, 0.15) is 23.7 Å². The maximum absolute atomic E-state index is 13.2. The first-order chi connectivity index (χ1) is 14.6. The molecule has 3 aromatic rings. The van der Waals surface area contributed by atoms with Crippen LogP contribution in [0.5, 0.6) is 5.75 Å². The number of methoxy groups -OCH3 is 1. The quantitative estimate of drug-likeness (QED) is 0.325. The lowest BCUT2D eigenvalue weighted by atomic mass is 10.1. The molecular weight excluding hydrogens is 437 g/mol. The molecular formula is C22H18NO6PS-2.